The molecule has 3 atom stereocenters. The molecule has 1 amide bonds. The van der Waals surface area contributed by atoms with E-state index >= 15 is 0 Å². The maximum atomic E-state index is 12.6. The first-order valence-corrected chi connectivity index (χ1v) is 10.3. The Hall–Kier alpha value is -1.51. The molecule has 152 valence electrons. The van der Waals surface area contributed by atoms with Crippen LogP contribution < -0.4 is 20.7 Å². The van der Waals surface area contributed by atoms with Crippen molar-refractivity contribution in [2.45, 2.75) is 38.5 Å². The van der Waals surface area contributed by atoms with Crippen LogP contribution in [0.5, 0.6) is 0 Å². The molecule has 0 saturated heterocycles. The molecule has 4 N–H and O–H groups in total. The van der Waals surface area contributed by atoms with E-state index in [1.807, 2.05) is 23.5 Å². The van der Waals surface area contributed by atoms with Crippen LogP contribution in [0.15, 0.2) is 12.1 Å². The first kappa shape index (κ1) is 21.8. The highest BCUT2D eigenvalue weighted by Crippen LogP contribution is 2.37. The summed E-state index contributed by atoms with van der Waals surface area (Å²) in [5.41, 5.74) is 6.47. The Morgan fingerprint density at radius 3 is 2.78 bits per heavy atom. The number of anilines is 2. The molecule has 1 aromatic rings. The molecule has 0 radical (unpaired) electrons. The first-order valence-electron chi connectivity index (χ1n) is 9.49. The van der Waals surface area contributed by atoms with Crippen LogP contribution in [0, 0.1) is 11.8 Å². The number of methoxy groups -OCH3 is 1. The predicted molar refractivity (Wildman–Crippen MR) is 113 cm³/mol. The third-order valence-corrected chi connectivity index (χ3v) is 5.42. The van der Waals surface area contributed by atoms with Gasteiger partial charge in [-0.3, -0.25) is 4.79 Å². The minimum atomic E-state index is -0.228. The lowest BCUT2D eigenvalue weighted by Gasteiger charge is -2.21. The van der Waals surface area contributed by atoms with E-state index in [1.54, 1.807) is 19.1 Å². The van der Waals surface area contributed by atoms with E-state index in [0.717, 1.165) is 24.1 Å². The van der Waals surface area contributed by atoms with E-state index < -0.39 is 0 Å². The Morgan fingerprint density at radius 1 is 1.48 bits per heavy atom. The van der Waals surface area contributed by atoms with Crippen molar-refractivity contribution >= 4 is 29.5 Å². The average Bonchev–Trinajstić information content (AvgIpc) is 3.32. The quantitative estimate of drug-likeness (QED) is 0.495. The largest absolute Gasteiger partial charge is 0.383 e. The van der Waals surface area contributed by atoms with Crippen LogP contribution in [0.1, 0.15) is 37.6 Å². The van der Waals surface area contributed by atoms with Crippen LogP contribution in [0.4, 0.5) is 11.6 Å². The normalized spacial score (nSPS) is 19.7. The maximum Gasteiger partial charge on any atom is 0.251 e. The van der Waals surface area contributed by atoms with Crippen molar-refractivity contribution in [1.82, 2.24) is 10.3 Å². The number of nitrogens with zero attached hydrogens (tertiary/aromatic N) is 2. The van der Waals surface area contributed by atoms with Gasteiger partial charge in [0.25, 0.3) is 5.91 Å². The fourth-order valence-electron chi connectivity index (χ4n) is 2.79. The molecule has 0 spiro atoms. The van der Waals surface area contributed by atoms with Gasteiger partial charge in [0.15, 0.2) is 0 Å². The highest BCUT2D eigenvalue weighted by molar-refractivity contribution is 8.01. The topological polar surface area (TPSA) is 92.5 Å². The van der Waals surface area contributed by atoms with E-state index in [1.165, 1.54) is 6.42 Å². The van der Waals surface area contributed by atoms with Gasteiger partial charge in [-0.1, -0.05) is 20.8 Å². The van der Waals surface area contributed by atoms with Crippen molar-refractivity contribution < 1.29 is 9.53 Å². The van der Waals surface area contributed by atoms with Gasteiger partial charge in [-0.15, -0.1) is 0 Å². The number of rotatable bonds is 11. The summed E-state index contributed by atoms with van der Waals surface area (Å²) in [6, 6.07) is 3.40. The average molecular weight is 396 g/mol. The molecule has 0 bridgehead atoms. The van der Waals surface area contributed by atoms with Crippen LogP contribution in [-0.2, 0) is 4.74 Å². The highest BCUT2D eigenvalue weighted by atomic mass is 32.2. The third-order valence-electron chi connectivity index (χ3n) is 4.49. The summed E-state index contributed by atoms with van der Waals surface area (Å²) in [5, 5.41) is 6.69. The molecule has 1 aromatic heterocycles. The summed E-state index contributed by atoms with van der Waals surface area (Å²) >= 11 is 1.67. The van der Waals surface area contributed by atoms with Crippen LogP contribution in [0.25, 0.3) is 0 Å². The number of nitrogens with two attached hydrogens (primary N) is 1. The van der Waals surface area contributed by atoms with Crippen molar-refractivity contribution in [2.75, 3.05) is 43.5 Å². The van der Waals surface area contributed by atoms with E-state index in [2.05, 4.69) is 36.4 Å². The Balaban J connectivity index is 2.11. The van der Waals surface area contributed by atoms with Crippen molar-refractivity contribution in [3.63, 3.8) is 0 Å². The van der Waals surface area contributed by atoms with E-state index in [0.29, 0.717) is 29.9 Å². The number of amides is 1. The lowest BCUT2D eigenvalue weighted by Crippen LogP contribution is -2.40. The van der Waals surface area contributed by atoms with Gasteiger partial charge in [0.05, 0.1) is 6.61 Å². The number of pyridine rings is 1. The molecule has 27 heavy (non-hydrogen) atoms. The SMILES string of the molecule is COCC(N)CNC(=O)c1cc(NCC2C[C@@H]2C)nc(N(C)SC(C)C)c1. The van der Waals surface area contributed by atoms with Gasteiger partial charge in [0.2, 0.25) is 0 Å². The second kappa shape index (κ2) is 10.1. The minimum absolute atomic E-state index is 0.156. The van der Waals surface area contributed by atoms with Gasteiger partial charge in [-0.05, 0) is 42.3 Å². The fraction of sp³-hybridized carbons (Fsp3) is 0.684. The Morgan fingerprint density at radius 2 is 2.19 bits per heavy atom. The zero-order valence-electron chi connectivity index (χ0n) is 17.0. The van der Waals surface area contributed by atoms with Crippen molar-refractivity contribution in [3.05, 3.63) is 17.7 Å². The second-order valence-electron chi connectivity index (χ2n) is 7.53. The van der Waals surface area contributed by atoms with E-state index in [9.17, 15) is 4.79 Å². The molecule has 7 nitrogen and oxygen atoms in total. The number of hydrogen-bond donors (Lipinski definition) is 3. The van der Waals surface area contributed by atoms with Gasteiger partial charge in [-0.25, -0.2) is 4.98 Å². The van der Waals surface area contributed by atoms with E-state index in [-0.39, 0.29) is 11.9 Å². The molecule has 0 aliphatic heterocycles. The van der Waals surface area contributed by atoms with Crippen molar-refractivity contribution in [3.8, 4) is 0 Å². The molecule has 8 heteroatoms. The van der Waals surface area contributed by atoms with Gasteiger partial charge in [0.1, 0.15) is 11.6 Å². The van der Waals surface area contributed by atoms with Crippen LogP contribution in [0.3, 0.4) is 0 Å². The molecule has 1 saturated carbocycles. The molecule has 1 fully saturated rings. The summed E-state index contributed by atoms with van der Waals surface area (Å²) in [4.78, 5) is 17.3. The molecule has 2 unspecified atom stereocenters. The van der Waals surface area contributed by atoms with Gasteiger partial charge >= 0.3 is 0 Å². The zero-order valence-corrected chi connectivity index (χ0v) is 17.8. The van der Waals surface area contributed by atoms with Gasteiger partial charge < -0.3 is 25.4 Å². The Bertz CT molecular complexity index is 628. The Labute approximate surface area is 166 Å². The summed E-state index contributed by atoms with van der Waals surface area (Å²) in [7, 11) is 3.56. The monoisotopic (exact) mass is 395 g/mol. The Kier molecular flexibility index (Phi) is 8.19. The van der Waals surface area contributed by atoms with Crippen LogP contribution in [-0.4, -0.2) is 56.0 Å². The summed E-state index contributed by atoms with van der Waals surface area (Å²) < 4.78 is 7.01. The first-order chi connectivity index (χ1) is 12.8. The molecule has 0 aromatic carbocycles. The number of nitrogens with one attached hydrogen (secondary N) is 2. The molecule has 2 rings (SSSR count). The van der Waals surface area contributed by atoms with Gasteiger partial charge in [-0.2, -0.15) is 0 Å². The summed E-state index contributed by atoms with van der Waals surface area (Å²) in [6.45, 7) is 8.17. The second-order valence-corrected chi connectivity index (χ2v) is 9.23. The molecule has 1 aliphatic rings. The lowest BCUT2D eigenvalue weighted by atomic mass is 10.2. The summed E-state index contributed by atoms with van der Waals surface area (Å²) in [5.74, 6) is 2.80. The number of carbonyl (C=O) groups excluding carboxylic acids is 1. The van der Waals surface area contributed by atoms with Crippen molar-refractivity contribution in [2.24, 2.45) is 17.6 Å². The number of aromatic nitrogens is 1. The minimum Gasteiger partial charge on any atom is -0.383 e. The lowest BCUT2D eigenvalue weighted by molar-refractivity contribution is 0.0943. The molecular formula is C19H33N5O2S. The number of ether oxygens (including phenoxy) is 1. The van der Waals surface area contributed by atoms with Crippen LogP contribution >= 0.6 is 11.9 Å². The molecule has 1 aliphatic carbocycles. The van der Waals surface area contributed by atoms with E-state index in [4.69, 9.17) is 10.5 Å². The molecular weight excluding hydrogens is 362 g/mol. The van der Waals surface area contributed by atoms with Gasteiger partial charge in [0, 0.05) is 44.1 Å². The maximum absolute atomic E-state index is 12.6. The van der Waals surface area contributed by atoms with Crippen molar-refractivity contribution in [1.29, 1.82) is 0 Å². The van der Waals surface area contributed by atoms with Crippen LogP contribution in [0.2, 0.25) is 0 Å². The predicted octanol–water partition coefficient (Wildman–Crippen LogP) is 2.35. The smallest absolute Gasteiger partial charge is 0.251 e. The fourth-order valence-corrected chi connectivity index (χ4v) is 3.62. The number of carbonyl (C=O) groups is 1. The number of hydrogen-bond acceptors (Lipinski definition) is 7. The standard InChI is InChI=1S/C19H33N5O2S/c1-12(2)27-24(4)18-8-14(19(25)22-10-16(20)11-26-5)7-17(23-18)21-9-15-6-13(15)3/h7-8,12-13,15-16H,6,9-11,20H2,1-5H3,(H,21,23)(H,22,25)/t13-,15?,16?/m0/s1. The third kappa shape index (κ3) is 7.20. The molecule has 1 heterocycles. The highest BCUT2D eigenvalue weighted by Gasteiger charge is 2.32. The zero-order chi connectivity index (χ0) is 20.0. The summed E-state index contributed by atoms with van der Waals surface area (Å²) in [6.07, 6.45) is 1.25.